The zero-order valence-corrected chi connectivity index (χ0v) is 12.1. The van der Waals surface area contributed by atoms with Crippen molar-refractivity contribution < 1.29 is 4.92 Å². The third-order valence-electron chi connectivity index (χ3n) is 2.56. The Morgan fingerprint density at radius 3 is 3.05 bits per heavy atom. The molecule has 108 valence electrons. The number of aliphatic imine (C=N–C) groups is 1. The summed E-state index contributed by atoms with van der Waals surface area (Å²) < 4.78 is 0. The number of aromatic nitrogens is 2. The molecular weight excluding hydrogens is 280 g/mol. The van der Waals surface area contributed by atoms with E-state index in [1.54, 1.807) is 24.2 Å². The van der Waals surface area contributed by atoms with Gasteiger partial charge in [-0.15, -0.1) is 0 Å². The number of imidazole rings is 1. The van der Waals surface area contributed by atoms with Gasteiger partial charge in [0, 0.05) is 35.7 Å². The minimum Gasteiger partial charge on any atom is -0.366 e. The van der Waals surface area contributed by atoms with Gasteiger partial charge in [0.15, 0.2) is 11.9 Å². The molecule has 0 amide bonds. The molecule has 0 spiro atoms. The number of aryl methyl sites for hydroxylation is 1. The average Bonchev–Trinajstić information content (AvgIpc) is 2.82. The van der Waals surface area contributed by atoms with Crippen LogP contribution < -0.4 is 5.32 Å². The summed E-state index contributed by atoms with van der Waals surface area (Å²) in [6.07, 6.45) is 1.65. The molecule has 1 aromatic heterocycles. The first kappa shape index (κ1) is 16.0. The second-order valence-corrected chi connectivity index (χ2v) is 4.98. The Kier molecular flexibility index (Phi) is 6.52. The van der Waals surface area contributed by atoms with Crippen molar-refractivity contribution >= 4 is 17.6 Å². The quantitative estimate of drug-likeness (QED) is 0.252. The van der Waals surface area contributed by atoms with Crippen molar-refractivity contribution in [2.75, 3.05) is 19.3 Å². The molecule has 9 heteroatoms. The van der Waals surface area contributed by atoms with Crippen LogP contribution in [0.2, 0.25) is 0 Å². The van der Waals surface area contributed by atoms with Gasteiger partial charge in [-0.2, -0.15) is 17.0 Å². The molecule has 1 atom stereocenters. The van der Waals surface area contributed by atoms with E-state index in [2.05, 4.69) is 20.3 Å². The van der Waals surface area contributed by atoms with Crippen LogP contribution in [0.15, 0.2) is 11.3 Å². The van der Waals surface area contributed by atoms with Gasteiger partial charge < -0.3 is 10.3 Å². The fourth-order valence-corrected chi connectivity index (χ4v) is 2.33. The second kappa shape index (κ2) is 8.16. The number of nitrogens with zero attached hydrogens (tertiary/aromatic N) is 4. The van der Waals surface area contributed by atoms with Crippen molar-refractivity contribution in [2.45, 2.75) is 18.7 Å². The highest BCUT2D eigenvalue weighted by molar-refractivity contribution is 7.98. The summed E-state index contributed by atoms with van der Waals surface area (Å²) in [5.74, 6) is 1.60. The van der Waals surface area contributed by atoms with Crippen molar-refractivity contribution in [3.63, 3.8) is 0 Å². The summed E-state index contributed by atoms with van der Waals surface area (Å²) in [6, 6.07) is 0.178. The lowest BCUT2D eigenvalue weighted by atomic mass is 10.3. The van der Waals surface area contributed by atoms with Gasteiger partial charge >= 0.3 is 6.04 Å². The molecule has 0 aliphatic heterocycles. The van der Waals surface area contributed by atoms with Crippen LogP contribution in [0.1, 0.15) is 11.4 Å². The van der Waals surface area contributed by atoms with Crippen molar-refractivity contribution in [1.29, 1.82) is 5.26 Å². The van der Waals surface area contributed by atoms with Crippen LogP contribution >= 0.6 is 11.8 Å². The van der Waals surface area contributed by atoms with Gasteiger partial charge in [0.25, 0.3) is 0 Å². The maximum absolute atomic E-state index is 10.7. The fraction of sp³-hybridized carbons (Fsp3) is 0.545. The number of nitro groups is 1. The highest BCUT2D eigenvalue weighted by Crippen LogP contribution is 2.11. The molecule has 0 saturated heterocycles. The fourth-order valence-electron chi connectivity index (χ4n) is 1.46. The average molecular weight is 296 g/mol. The van der Waals surface area contributed by atoms with Gasteiger partial charge in [-0.25, -0.2) is 4.98 Å². The number of rotatable bonds is 7. The van der Waals surface area contributed by atoms with Gasteiger partial charge in [0.1, 0.15) is 0 Å². The molecule has 0 radical (unpaired) electrons. The Labute approximate surface area is 120 Å². The Balaban J connectivity index is 2.31. The molecule has 1 heterocycles. The Morgan fingerprint density at radius 1 is 1.80 bits per heavy atom. The van der Waals surface area contributed by atoms with Gasteiger partial charge in [-0.3, -0.25) is 15.1 Å². The van der Waals surface area contributed by atoms with Gasteiger partial charge in [-0.1, -0.05) is 0 Å². The summed E-state index contributed by atoms with van der Waals surface area (Å²) in [4.78, 5) is 20.9. The number of hydrogen-bond acceptors (Lipinski definition) is 6. The summed E-state index contributed by atoms with van der Waals surface area (Å²) >= 11 is 1.65. The summed E-state index contributed by atoms with van der Waals surface area (Å²) in [6.45, 7) is 2.46. The zero-order chi connectivity index (χ0) is 15.0. The zero-order valence-electron chi connectivity index (χ0n) is 11.3. The smallest absolute Gasteiger partial charge is 0.352 e. The first-order chi connectivity index (χ1) is 9.60. The molecule has 2 N–H and O–H groups in total. The predicted octanol–water partition coefficient (Wildman–Crippen LogP) is 0.738. The molecule has 0 fully saturated rings. The van der Waals surface area contributed by atoms with Crippen LogP contribution in [0.3, 0.4) is 0 Å². The standard InChI is InChI=1S/C11H16N6O2S/c1-8-9(16-7-15-8)6-20-4-3-14-11(13-2)10(5-12)17(18)19/h7,10H,3-4,6H2,1-2H3,(H,13,14)(H,15,16). The van der Waals surface area contributed by atoms with Gasteiger partial charge in [-0.05, 0) is 6.92 Å². The normalized spacial score (nSPS) is 12.8. The molecule has 1 aromatic rings. The largest absolute Gasteiger partial charge is 0.366 e. The lowest BCUT2D eigenvalue weighted by molar-refractivity contribution is -0.488. The topological polar surface area (TPSA) is 120 Å². The molecule has 0 saturated carbocycles. The number of aromatic amines is 1. The maximum atomic E-state index is 10.7. The monoisotopic (exact) mass is 296 g/mol. The lowest BCUT2D eigenvalue weighted by Gasteiger charge is -2.08. The molecule has 0 bridgehead atoms. The highest BCUT2D eigenvalue weighted by atomic mass is 32.2. The minimum absolute atomic E-state index is 0.0917. The first-order valence-electron chi connectivity index (χ1n) is 5.90. The van der Waals surface area contributed by atoms with Crippen molar-refractivity contribution in [1.82, 2.24) is 15.3 Å². The van der Waals surface area contributed by atoms with E-state index in [0.29, 0.717) is 6.54 Å². The number of H-pyrrole nitrogens is 1. The van der Waals surface area contributed by atoms with Crippen LogP contribution in [0.4, 0.5) is 0 Å². The van der Waals surface area contributed by atoms with Crippen molar-refractivity contribution in [3.8, 4) is 6.07 Å². The van der Waals surface area contributed by atoms with Gasteiger partial charge in [0.2, 0.25) is 0 Å². The third-order valence-corrected chi connectivity index (χ3v) is 3.53. The molecule has 1 unspecified atom stereocenters. The summed E-state index contributed by atoms with van der Waals surface area (Å²) in [7, 11) is 1.43. The van der Waals surface area contributed by atoms with E-state index in [-0.39, 0.29) is 5.84 Å². The predicted molar refractivity (Wildman–Crippen MR) is 77.2 cm³/mol. The van der Waals surface area contributed by atoms with Crippen LogP contribution in [0.25, 0.3) is 0 Å². The first-order valence-corrected chi connectivity index (χ1v) is 7.05. The molecule has 0 aliphatic rings. The molecule has 8 nitrogen and oxygen atoms in total. The molecule has 1 rings (SSSR count). The summed E-state index contributed by atoms with van der Waals surface area (Å²) in [5, 5.41) is 22.2. The minimum atomic E-state index is -1.43. The van der Waals surface area contributed by atoms with E-state index in [1.807, 2.05) is 6.92 Å². The van der Waals surface area contributed by atoms with E-state index >= 15 is 0 Å². The maximum Gasteiger partial charge on any atom is 0.352 e. The van der Waals surface area contributed by atoms with Crippen LogP contribution in [0.5, 0.6) is 0 Å². The van der Waals surface area contributed by atoms with E-state index in [1.165, 1.54) is 7.05 Å². The number of hydrogen-bond donors (Lipinski definition) is 2. The lowest BCUT2D eigenvalue weighted by Crippen LogP contribution is -2.39. The van der Waals surface area contributed by atoms with E-state index in [9.17, 15) is 10.1 Å². The Morgan fingerprint density at radius 2 is 2.55 bits per heavy atom. The van der Waals surface area contributed by atoms with Crippen LogP contribution in [-0.4, -0.2) is 46.1 Å². The van der Waals surface area contributed by atoms with Crippen LogP contribution in [-0.2, 0) is 5.75 Å². The molecule has 20 heavy (non-hydrogen) atoms. The third kappa shape index (κ3) is 4.55. The Bertz CT molecular complexity index is 521. The number of amidine groups is 1. The number of nitrogens with one attached hydrogen (secondary N) is 2. The Hall–Kier alpha value is -2.08. The SMILES string of the molecule is CN=C(NCCSCc1nc[nH]c1C)C(C#N)[N+](=O)[O-]. The van der Waals surface area contributed by atoms with Gasteiger partial charge in [0.05, 0.1) is 12.0 Å². The molecule has 0 aliphatic carbocycles. The molecular formula is C11H16N6O2S. The van der Waals surface area contributed by atoms with E-state index in [0.717, 1.165) is 22.9 Å². The van der Waals surface area contributed by atoms with E-state index in [4.69, 9.17) is 5.26 Å². The number of nitriles is 1. The second-order valence-electron chi connectivity index (χ2n) is 3.88. The van der Waals surface area contributed by atoms with Crippen molar-refractivity contribution in [3.05, 3.63) is 27.8 Å². The van der Waals surface area contributed by atoms with Crippen molar-refractivity contribution in [2.24, 2.45) is 4.99 Å². The van der Waals surface area contributed by atoms with Crippen LogP contribution in [0, 0.1) is 28.4 Å². The molecule has 0 aromatic carbocycles. The highest BCUT2D eigenvalue weighted by Gasteiger charge is 2.25. The summed E-state index contributed by atoms with van der Waals surface area (Å²) in [5.41, 5.74) is 2.04. The van der Waals surface area contributed by atoms with E-state index < -0.39 is 11.0 Å². The number of thioether (sulfide) groups is 1.